The van der Waals surface area contributed by atoms with E-state index in [1.807, 2.05) is 31.2 Å². The van der Waals surface area contributed by atoms with Crippen molar-refractivity contribution in [2.45, 2.75) is 12.6 Å². The van der Waals surface area contributed by atoms with Crippen LogP contribution < -0.4 is 14.4 Å². The van der Waals surface area contributed by atoms with Crippen LogP contribution in [0.3, 0.4) is 0 Å². The van der Waals surface area contributed by atoms with Crippen molar-refractivity contribution in [3.63, 3.8) is 0 Å². The second-order valence-corrected chi connectivity index (χ2v) is 6.78. The maximum Gasteiger partial charge on any atom is 0.234 e. The van der Waals surface area contributed by atoms with Gasteiger partial charge < -0.3 is 19.5 Å². The van der Waals surface area contributed by atoms with Crippen molar-refractivity contribution in [2.24, 2.45) is 0 Å². The summed E-state index contributed by atoms with van der Waals surface area (Å²) >= 11 is 0. The predicted molar refractivity (Wildman–Crippen MR) is 108 cm³/mol. The number of ketones is 1. The van der Waals surface area contributed by atoms with E-state index in [1.165, 1.54) is 0 Å². The highest BCUT2D eigenvalue weighted by molar-refractivity contribution is 6.15. The third-order valence-electron chi connectivity index (χ3n) is 5.12. The molecule has 1 unspecified atom stereocenters. The van der Waals surface area contributed by atoms with Gasteiger partial charge in [0.1, 0.15) is 11.5 Å². The molecule has 0 radical (unpaired) electrons. The van der Waals surface area contributed by atoms with Gasteiger partial charge in [-0.15, -0.1) is 0 Å². The summed E-state index contributed by atoms with van der Waals surface area (Å²) < 4.78 is 10.6. The summed E-state index contributed by atoms with van der Waals surface area (Å²) in [6, 6.07) is 19.8. The Balaban J connectivity index is 1.95. The summed E-state index contributed by atoms with van der Waals surface area (Å²) in [4.78, 5) is 15.0. The number of ether oxygens (including phenoxy) is 2. The molecular formula is C23H21NO4. The summed E-state index contributed by atoms with van der Waals surface area (Å²) in [6.45, 7) is 1.96. The number of aliphatic hydroxyl groups is 1. The molecule has 3 aromatic carbocycles. The van der Waals surface area contributed by atoms with Crippen LogP contribution in [-0.2, 0) is 5.72 Å². The number of methoxy groups -OCH3 is 2. The highest BCUT2D eigenvalue weighted by Crippen LogP contribution is 2.49. The molecule has 0 aliphatic carbocycles. The lowest BCUT2D eigenvalue weighted by atomic mass is 9.95. The molecule has 0 spiro atoms. The van der Waals surface area contributed by atoms with Crippen molar-refractivity contribution >= 4 is 17.2 Å². The Morgan fingerprint density at radius 2 is 1.46 bits per heavy atom. The molecular weight excluding hydrogens is 354 g/mol. The van der Waals surface area contributed by atoms with E-state index in [4.69, 9.17) is 9.47 Å². The van der Waals surface area contributed by atoms with Crippen molar-refractivity contribution in [1.29, 1.82) is 0 Å². The van der Waals surface area contributed by atoms with E-state index in [9.17, 15) is 9.90 Å². The average molecular weight is 375 g/mol. The summed E-state index contributed by atoms with van der Waals surface area (Å²) in [5, 5.41) is 11.8. The average Bonchev–Trinajstić information content (AvgIpc) is 2.96. The lowest BCUT2D eigenvalue weighted by Crippen LogP contribution is -2.45. The van der Waals surface area contributed by atoms with Crippen molar-refractivity contribution in [2.75, 3.05) is 19.1 Å². The SMILES string of the molecule is COc1ccc(N2c3cc(OC)ccc3C(=O)C2(O)c2ccc(C)cc2)cc1. The topological polar surface area (TPSA) is 59.0 Å². The Labute approximate surface area is 163 Å². The van der Waals surface area contributed by atoms with Gasteiger partial charge in [-0.1, -0.05) is 29.8 Å². The number of fused-ring (bicyclic) bond motifs is 1. The molecule has 1 aliphatic rings. The Hall–Kier alpha value is -3.31. The van der Waals surface area contributed by atoms with Gasteiger partial charge in [0.2, 0.25) is 11.5 Å². The quantitative estimate of drug-likeness (QED) is 0.741. The number of aryl methyl sites for hydroxylation is 1. The zero-order chi connectivity index (χ0) is 19.9. The monoisotopic (exact) mass is 375 g/mol. The fraction of sp³-hybridized carbons (Fsp3) is 0.174. The van der Waals surface area contributed by atoms with Crippen LogP contribution in [0.4, 0.5) is 11.4 Å². The minimum Gasteiger partial charge on any atom is -0.497 e. The van der Waals surface area contributed by atoms with E-state index in [1.54, 1.807) is 61.6 Å². The van der Waals surface area contributed by atoms with Gasteiger partial charge in [0, 0.05) is 22.9 Å². The van der Waals surface area contributed by atoms with Gasteiger partial charge in [-0.05, 0) is 43.3 Å². The third kappa shape index (κ3) is 2.63. The Kier molecular flexibility index (Phi) is 4.32. The maximum absolute atomic E-state index is 13.4. The molecule has 4 rings (SSSR count). The highest BCUT2D eigenvalue weighted by atomic mass is 16.5. The molecule has 0 amide bonds. The molecule has 1 heterocycles. The molecule has 0 saturated heterocycles. The first-order valence-corrected chi connectivity index (χ1v) is 8.95. The molecule has 28 heavy (non-hydrogen) atoms. The van der Waals surface area contributed by atoms with Crippen LogP contribution in [0.5, 0.6) is 11.5 Å². The summed E-state index contributed by atoms with van der Waals surface area (Å²) in [7, 11) is 3.17. The van der Waals surface area contributed by atoms with Gasteiger partial charge in [-0.2, -0.15) is 0 Å². The van der Waals surface area contributed by atoms with Crippen molar-refractivity contribution in [3.8, 4) is 11.5 Å². The molecule has 142 valence electrons. The fourth-order valence-corrected chi connectivity index (χ4v) is 3.58. The van der Waals surface area contributed by atoms with Gasteiger partial charge in [0.25, 0.3) is 0 Å². The second kappa shape index (κ2) is 6.69. The normalized spacial score (nSPS) is 18.1. The third-order valence-corrected chi connectivity index (χ3v) is 5.12. The van der Waals surface area contributed by atoms with Gasteiger partial charge in [0.05, 0.1) is 19.9 Å². The molecule has 0 bridgehead atoms. The largest absolute Gasteiger partial charge is 0.497 e. The highest BCUT2D eigenvalue weighted by Gasteiger charge is 2.52. The summed E-state index contributed by atoms with van der Waals surface area (Å²) in [6.07, 6.45) is 0. The van der Waals surface area contributed by atoms with Crippen LogP contribution in [0, 0.1) is 6.92 Å². The van der Waals surface area contributed by atoms with E-state index in [0.717, 1.165) is 5.56 Å². The molecule has 0 saturated carbocycles. The molecule has 5 heteroatoms. The number of Topliss-reactive ketones (excluding diaryl/α,β-unsaturated/α-hetero) is 1. The number of rotatable bonds is 4. The molecule has 1 N–H and O–H groups in total. The first kappa shape index (κ1) is 18.1. The fourth-order valence-electron chi connectivity index (χ4n) is 3.58. The van der Waals surface area contributed by atoms with Crippen LogP contribution in [0.25, 0.3) is 0 Å². The lowest BCUT2D eigenvalue weighted by molar-refractivity contribution is 0.0378. The van der Waals surface area contributed by atoms with E-state index >= 15 is 0 Å². The number of anilines is 2. The zero-order valence-electron chi connectivity index (χ0n) is 16.0. The van der Waals surface area contributed by atoms with Gasteiger partial charge >= 0.3 is 0 Å². The lowest BCUT2D eigenvalue weighted by Gasteiger charge is -2.34. The first-order chi connectivity index (χ1) is 13.5. The van der Waals surface area contributed by atoms with Crippen LogP contribution in [-0.4, -0.2) is 25.1 Å². The van der Waals surface area contributed by atoms with Gasteiger partial charge in [0.15, 0.2) is 0 Å². The molecule has 0 fully saturated rings. The number of carbonyl (C=O) groups excluding carboxylic acids is 1. The van der Waals surface area contributed by atoms with E-state index in [-0.39, 0.29) is 5.78 Å². The van der Waals surface area contributed by atoms with Crippen LogP contribution in [0.1, 0.15) is 21.5 Å². The smallest absolute Gasteiger partial charge is 0.234 e. The van der Waals surface area contributed by atoms with Crippen molar-refractivity contribution in [3.05, 3.63) is 83.4 Å². The minimum absolute atomic E-state index is 0.371. The summed E-state index contributed by atoms with van der Waals surface area (Å²) in [5.74, 6) is 0.932. The summed E-state index contributed by atoms with van der Waals surface area (Å²) in [5.41, 5.74) is 1.42. The van der Waals surface area contributed by atoms with Crippen LogP contribution in [0.2, 0.25) is 0 Å². The number of hydrogen-bond donors (Lipinski definition) is 1. The second-order valence-electron chi connectivity index (χ2n) is 6.78. The van der Waals surface area contributed by atoms with Crippen molar-refractivity contribution < 1.29 is 19.4 Å². The Morgan fingerprint density at radius 3 is 2.07 bits per heavy atom. The Bertz CT molecular complexity index is 1030. The molecule has 1 aliphatic heterocycles. The number of hydrogen-bond acceptors (Lipinski definition) is 5. The van der Waals surface area contributed by atoms with Gasteiger partial charge in [-0.3, -0.25) is 4.79 Å². The zero-order valence-corrected chi connectivity index (χ0v) is 16.0. The maximum atomic E-state index is 13.4. The van der Waals surface area contributed by atoms with Crippen molar-refractivity contribution in [1.82, 2.24) is 0 Å². The van der Waals surface area contributed by atoms with Crippen LogP contribution in [0.15, 0.2) is 66.7 Å². The molecule has 5 nitrogen and oxygen atoms in total. The molecule has 0 aromatic heterocycles. The standard InChI is InChI=1S/C23H21NO4/c1-15-4-6-16(7-5-15)23(26)22(25)20-13-12-19(28-3)14-21(20)24(23)17-8-10-18(27-2)11-9-17/h4-14,26H,1-3H3. The molecule has 1 atom stereocenters. The first-order valence-electron chi connectivity index (χ1n) is 8.95. The number of nitrogens with zero attached hydrogens (tertiary/aromatic N) is 1. The van der Waals surface area contributed by atoms with Crippen LogP contribution >= 0.6 is 0 Å². The Morgan fingerprint density at radius 1 is 0.857 bits per heavy atom. The molecule has 3 aromatic rings. The number of carbonyl (C=O) groups is 1. The van der Waals surface area contributed by atoms with E-state index < -0.39 is 5.72 Å². The minimum atomic E-state index is -1.85. The van der Waals surface area contributed by atoms with E-state index in [0.29, 0.717) is 34.0 Å². The number of benzene rings is 3. The van der Waals surface area contributed by atoms with E-state index in [2.05, 4.69) is 0 Å². The predicted octanol–water partition coefficient (Wildman–Crippen LogP) is 4.19. The van der Waals surface area contributed by atoms with Gasteiger partial charge in [-0.25, -0.2) is 0 Å².